The van der Waals surface area contributed by atoms with Gasteiger partial charge in [0.05, 0.1) is 18.1 Å². The second kappa shape index (κ2) is 7.71. The Morgan fingerprint density at radius 2 is 2.00 bits per heavy atom. The first-order valence-corrected chi connectivity index (χ1v) is 7.99. The molecule has 21 heavy (non-hydrogen) atoms. The topological polar surface area (TPSA) is 44.3 Å². The van der Waals surface area contributed by atoms with Crippen LogP contribution in [0, 0.1) is 5.92 Å². The maximum absolute atomic E-state index is 4.58. The molecule has 2 heterocycles. The molecule has 1 N–H and O–H groups in total. The van der Waals surface area contributed by atoms with Gasteiger partial charge in [-0.25, -0.2) is 4.98 Å². The molecule has 0 aliphatic carbocycles. The molecule has 5 nitrogen and oxygen atoms in total. The van der Waals surface area contributed by atoms with Crippen molar-refractivity contribution < 1.29 is 0 Å². The van der Waals surface area contributed by atoms with Crippen LogP contribution in [0.15, 0.2) is 12.4 Å². The summed E-state index contributed by atoms with van der Waals surface area (Å²) in [7, 11) is 4.33. The van der Waals surface area contributed by atoms with E-state index in [4.69, 9.17) is 0 Å². The first-order valence-electron chi connectivity index (χ1n) is 7.99. The second-order valence-electron chi connectivity index (χ2n) is 6.54. The monoisotopic (exact) mass is 291 g/mol. The van der Waals surface area contributed by atoms with E-state index in [1.807, 2.05) is 12.4 Å². The van der Waals surface area contributed by atoms with Gasteiger partial charge in [0.2, 0.25) is 0 Å². The minimum Gasteiger partial charge on any atom is -0.355 e. The summed E-state index contributed by atoms with van der Waals surface area (Å²) < 4.78 is 0. The van der Waals surface area contributed by atoms with Crippen molar-refractivity contribution in [3.8, 4) is 0 Å². The lowest BCUT2D eigenvalue weighted by atomic mass is 10.0. The molecule has 2 rings (SSSR count). The number of hydrogen-bond acceptors (Lipinski definition) is 5. The molecule has 1 aliphatic heterocycles. The summed E-state index contributed by atoms with van der Waals surface area (Å²) in [6, 6.07) is 0.584. The molecule has 0 atom stereocenters. The summed E-state index contributed by atoms with van der Waals surface area (Å²) in [4.78, 5) is 13.8. The van der Waals surface area contributed by atoms with Crippen LogP contribution >= 0.6 is 0 Å². The van der Waals surface area contributed by atoms with Crippen LogP contribution in [-0.2, 0) is 6.54 Å². The lowest BCUT2D eigenvalue weighted by Crippen LogP contribution is -2.42. The predicted molar refractivity (Wildman–Crippen MR) is 87.5 cm³/mol. The summed E-state index contributed by atoms with van der Waals surface area (Å²) in [5.74, 6) is 1.64. The van der Waals surface area contributed by atoms with E-state index >= 15 is 0 Å². The lowest BCUT2D eigenvalue weighted by molar-refractivity contribution is 0.252. The quantitative estimate of drug-likeness (QED) is 0.865. The van der Waals surface area contributed by atoms with Crippen molar-refractivity contribution in [3.63, 3.8) is 0 Å². The smallest absolute Gasteiger partial charge is 0.147 e. The van der Waals surface area contributed by atoms with Crippen molar-refractivity contribution >= 4 is 5.82 Å². The van der Waals surface area contributed by atoms with Crippen LogP contribution in [0.4, 0.5) is 5.82 Å². The van der Waals surface area contributed by atoms with Crippen LogP contribution in [0.1, 0.15) is 32.4 Å². The molecule has 0 aromatic carbocycles. The SMILES string of the molecule is CC(C)CNCc1cnc(N(C)C2CCN(C)CC2)cn1. The van der Waals surface area contributed by atoms with Gasteiger partial charge in [-0.15, -0.1) is 0 Å². The van der Waals surface area contributed by atoms with Crippen LogP contribution in [0.3, 0.4) is 0 Å². The Balaban J connectivity index is 1.86. The Morgan fingerprint density at radius 3 is 2.57 bits per heavy atom. The zero-order chi connectivity index (χ0) is 15.2. The normalized spacial score (nSPS) is 17.4. The summed E-state index contributed by atoms with van der Waals surface area (Å²) in [6.07, 6.45) is 6.21. The van der Waals surface area contributed by atoms with Gasteiger partial charge in [0.15, 0.2) is 0 Å². The molecule has 118 valence electrons. The van der Waals surface area contributed by atoms with Crippen molar-refractivity contribution in [3.05, 3.63) is 18.1 Å². The van der Waals surface area contributed by atoms with Crippen molar-refractivity contribution in [2.45, 2.75) is 39.3 Å². The number of hydrogen-bond donors (Lipinski definition) is 1. The van der Waals surface area contributed by atoms with Gasteiger partial charge in [0.25, 0.3) is 0 Å². The van der Waals surface area contributed by atoms with E-state index in [-0.39, 0.29) is 0 Å². The fraction of sp³-hybridized carbons (Fsp3) is 0.750. The molecule has 0 spiro atoms. The third-order valence-electron chi connectivity index (χ3n) is 4.15. The molecular formula is C16H29N5. The van der Waals surface area contributed by atoms with E-state index in [9.17, 15) is 0 Å². The standard InChI is InChI=1S/C16H29N5/c1-13(2)9-17-10-14-11-19-16(12-18-14)21(4)15-5-7-20(3)8-6-15/h11-13,15,17H,5-10H2,1-4H3. The van der Waals surface area contributed by atoms with Gasteiger partial charge in [0.1, 0.15) is 5.82 Å². The molecule has 1 aromatic rings. The first kappa shape index (κ1) is 16.2. The number of nitrogens with one attached hydrogen (secondary N) is 1. The molecule has 1 saturated heterocycles. The van der Waals surface area contributed by atoms with Gasteiger partial charge in [-0.1, -0.05) is 13.8 Å². The summed E-state index contributed by atoms with van der Waals surface area (Å²) in [5.41, 5.74) is 1.01. The maximum Gasteiger partial charge on any atom is 0.147 e. The fourth-order valence-corrected chi connectivity index (χ4v) is 2.68. The molecule has 1 aliphatic rings. The average molecular weight is 291 g/mol. The lowest BCUT2D eigenvalue weighted by Gasteiger charge is -2.35. The highest BCUT2D eigenvalue weighted by Gasteiger charge is 2.21. The number of nitrogens with zero attached hydrogens (tertiary/aromatic N) is 4. The van der Waals surface area contributed by atoms with E-state index in [1.54, 1.807) is 0 Å². The van der Waals surface area contributed by atoms with Crippen molar-refractivity contribution in [1.29, 1.82) is 0 Å². The van der Waals surface area contributed by atoms with Crippen LogP contribution in [-0.4, -0.2) is 54.6 Å². The maximum atomic E-state index is 4.58. The van der Waals surface area contributed by atoms with Gasteiger partial charge < -0.3 is 15.1 Å². The van der Waals surface area contributed by atoms with Crippen molar-refractivity contribution in [1.82, 2.24) is 20.2 Å². The Kier molecular flexibility index (Phi) is 5.94. The minimum absolute atomic E-state index is 0.584. The Hall–Kier alpha value is -1.20. The number of likely N-dealkylation sites (tertiary alicyclic amines) is 1. The van der Waals surface area contributed by atoms with Gasteiger partial charge in [-0.05, 0) is 45.4 Å². The number of rotatable bonds is 6. The van der Waals surface area contributed by atoms with Gasteiger partial charge in [-0.2, -0.15) is 0 Å². The van der Waals surface area contributed by atoms with E-state index in [0.29, 0.717) is 12.0 Å². The summed E-state index contributed by atoms with van der Waals surface area (Å²) >= 11 is 0. The third kappa shape index (κ3) is 4.93. The summed E-state index contributed by atoms with van der Waals surface area (Å²) in [6.45, 7) is 8.55. The third-order valence-corrected chi connectivity index (χ3v) is 4.15. The molecule has 1 fully saturated rings. The molecule has 0 bridgehead atoms. The van der Waals surface area contributed by atoms with Gasteiger partial charge in [0, 0.05) is 19.6 Å². The van der Waals surface area contributed by atoms with E-state index < -0.39 is 0 Å². The zero-order valence-electron chi connectivity index (χ0n) is 13.8. The van der Waals surface area contributed by atoms with Crippen molar-refractivity contribution in [2.75, 3.05) is 38.6 Å². The molecular weight excluding hydrogens is 262 g/mol. The zero-order valence-corrected chi connectivity index (χ0v) is 13.8. The first-order chi connectivity index (χ1) is 10.1. The molecule has 0 unspecified atom stereocenters. The highest BCUT2D eigenvalue weighted by atomic mass is 15.2. The van der Waals surface area contributed by atoms with Gasteiger partial charge >= 0.3 is 0 Å². The predicted octanol–water partition coefficient (Wildman–Crippen LogP) is 1.75. The molecule has 0 amide bonds. The van der Waals surface area contributed by atoms with E-state index in [1.165, 1.54) is 25.9 Å². The molecule has 0 radical (unpaired) electrons. The van der Waals surface area contributed by atoms with Crippen LogP contribution in [0.2, 0.25) is 0 Å². The van der Waals surface area contributed by atoms with Gasteiger partial charge in [-0.3, -0.25) is 4.98 Å². The van der Waals surface area contributed by atoms with Crippen LogP contribution in [0.25, 0.3) is 0 Å². The minimum atomic E-state index is 0.584. The Labute approximate surface area is 128 Å². The number of aromatic nitrogens is 2. The largest absolute Gasteiger partial charge is 0.355 e. The van der Waals surface area contributed by atoms with Crippen LogP contribution < -0.4 is 10.2 Å². The molecule has 5 heteroatoms. The second-order valence-corrected chi connectivity index (χ2v) is 6.54. The van der Waals surface area contributed by atoms with Crippen molar-refractivity contribution in [2.24, 2.45) is 5.92 Å². The Bertz CT molecular complexity index is 409. The fourth-order valence-electron chi connectivity index (χ4n) is 2.68. The van der Waals surface area contributed by atoms with E-state index in [2.05, 4.69) is 53.0 Å². The molecule has 0 saturated carbocycles. The molecule has 1 aromatic heterocycles. The van der Waals surface area contributed by atoms with Crippen LogP contribution in [0.5, 0.6) is 0 Å². The highest BCUT2D eigenvalue weighted by Crippen LogP contribution is 2.19. The average Bonchev–Trinajstić information content (AvgIpc) is 2.48. The number of anilines is 1. The highest BCUT2D eigenvalue weighted by molar-refractivity contribution is 5.36. The van der Waals surface area contributed by atoms with E-state index in [0.717, 1.165) is 24.6 Å². The summed E-state index contributed by atoms with van der Waals surface area (Å²) in [5, 5.41) is 3.40. The Morgan fingerprint density at radius 1 is 1.29 bits per heavy atom. The number of piperidine rings is 1.